The lowest BCUT2D eigenvalue weighted by Crippen LogP contribution is -2.13. The Kier molecular flexibility index (Phi) is 4.03. The summed E-state index contributed by atoms with van der Waals surface area (Å²) in [5, 5.41) is 9.66. The normalized spacial score (nSPS) is 11.3. The van der Waals surface area contributed by atoms with Gasteiger partial charge in [0.15, 0.2) is 0 Å². The molecule has 24 heavy (non-hydrogen) atoms. The van der Waals surface area contributed by atoms with E-state index in [9.17, 15) is 18.0 Å². The summed E-state index contributed by atoms with van der Waals surface area (Å²) in [6.07, 6.45) is -4.49. The second-order valence-electron chi connectivity index (χ2n) is 4.81. The number of amides is 1. The maximum Gasteiger partial charge on any atom is 0.416 e. The van der Waals surface area contributed by atoms with Gasteiger partial charge in [-0.1, -0.05) is 24.3 Å². The maximum absolute atomic E-state index is 12.7. The third-order valence-corrected chi connectivity index (χ3v) is 3.09. The number of hydrogen-bond acceptors (Lipinski definition) is 4. The molecule has 122 valence electrons. The summed E-state index contributed by atoms with van der Waals surface area (Å²) in [5.74, 6) is -0.986. The first-order chi connectivity index (χ1) is 11.4. The van der Waals surface area contributed by atoms with E-state index < -0.39 is 17.6 Å². The Hall–Kier alpha value is -3.16. The zero-order valence-electron chi connectivity index (χ0n) is 12.0. The topological polar surface area (TPSA) is 68.0 Å². The summed E-state index contributed by atoms with van der Waals surface area (Å²) in [6, 6.07) is 13.1. The van der Waals surface area contributed by atoms with Crippen molar-refractivity contribution in [3.05, 3.63) is 66.1 Å². The summed E-state index contributed by atoms with van der Waals surface area (Å²) in [5.41, 5.74) is -0.256. The second-order valence-corrected chi connectivity index (χ2v) is 4.81. The Balaban J connectivity index is 1.78. The molecular weight excluding hydrogens is 323 g/mol. The van der Waals surface area contributed by atoms with Crippen molar-refractivity contribution in [1.29, 1.82) is 0 Å². The van der Waals surface area contributed by atoms with Crippen LogP contribution >= 0.6 is 0 Å². The molecule has 0 aliphatic carbocycles. The average Bonchev–Trinajstić information content (AvgIpc) is 3.05. The fourth-order valence-electron chi connectivity index (χ4n) is 1.97. The van der Waals surface area contributed by atoms with Crippen molar-refractivity contribution in [3.8, 4) is 11.5 Å². The molecule has 0 aliphatic rings. The molecule has 1 amide bonds. The van der Waals surface area contributed by atoms with Gasteiger partial charge in [-0.15, -0.1) is 10.2 Å². The molecule has 5 nitrogen and oxygen atoms in total. The van der Waals surface area contributed by atoms with Crippen LogP contribution in [0.4, 0.5) is 18.9 Å². The predicted molar refractivity (Wildman–Crippen MR) is 79.1 cm³/mol. The second kappa shape index (κ2) is 6.15. The number of halogens is 3. The molecule has 0 saturated heterocycles. The Morgan fingerprint density at radius 3 is 2.46 bits per heavy atom. The number of nitrogens with zero attached hydrogens (tertiary/aromatic N) is 2. The third kappa shape index (κ3) is 3.43. The lowest BCUT2D eigenvalue weighted by Gasteiger charge is -2.08. The lowest BCUT2D eigenvalue weighted by atomic mass is 10.2. The highest BCUT2D eigenvalue weighted by molar-refractivity contribution is 6.01. The van der Waals surface area contributed by atoms with E-state index in [2.05, 4.69) is 15.5 Å². The minimum Gasteiger partial charge on any atom is -0.412 e. The van der Waals surface area contributed by atoms with Gasteiger partial charge in [-0.2, -0.15) is 13.2 Å². The summed E-state index contributed by atoms with van der Waals surface area (Å²) in [7, 11) is 0. The zero-order chi connectivity index (χ0) is 17.2. The van der Waals surface area contributed by atoms with E-state index in [0.717, 1.165) is 12.1 Å². The van der Waals surface area contributed by atoms with Gasteiger partial charge in [0.1, 0.15) is 0 Å². The molecule has 0 aliphatic heterocycles. The van der Waals surface area contributed by atoms with Gasteiger partial charge in [-0.05, 0) is 30.3 Å². The molecule has 8 heteroatoms. The monoisotopic (exact) mass is 333 g/mol. The van der Waals surface area contributed by atoms with E-state index in [1.54, 1.807) is 30.3 Å². The first-order valence-electron chi connectivity index (χ1n) is 6.81. The number of carbonyl (C=O) groups excluding carboxylic acids is 1. The lowest BCUT2D eigenvalue weighted by molar-refractivity contribution is -0.137. The van der Waals surface area contributed by atoms with Crippen LogP contribution in [0.3, 0.4) is 0 Å². The van der Waals surface area contributed by atoms with Crippen molar-refractivity contribution >= 4 is 11.6 Å². The quantitative estimate of drug-likeness (QED) is 0.786. The molecule has 3 rings (SSSR count). The van der Waals surface area contributed by atoms with E-state index in [0.29, 0.717) is 5.56 Å². The van der Waals surface area contributed by atoms with Crippen molar-refractivity contribution in [1.82, 2.24) is 10.2 Å². The molecule has 1 N–H and O–H groups in total. The minimum atomic E-state index is -4.49. The van der Waals surface area contributed by atoms with Gasteiger partial charge in [0.05, 0.1) is 5.56 Å². The molecule has 0 saturated carbocycles. The highest BCUT2D eigenvalue weighted by atomic mass is 19.4. The Morgan fingerprint density at radius 1 is 1.00 bits per heavy atom. The number of benzene rings is 2. The number of nitrogens with one attached hydrogen (secondary N) is 1. The average molecular weight is 333 g/mol. The van der Waals surface area contributed by atoms with Crippen LogP contribution in [-0.4, -0.2) is 16.1 Å². The van der Waals surface area contributed by atoms with Crippen LogP contribution in [-0.2, 0) is 6.18 Å². The van der Waals surface area contributed by atoms with Crippen LogP contribution in [0.1, 0.15) is 16.2 Å². The molecule has 0 bridgehead atoms. The molecule has 1 aromatic heterocycles. The van der Waals surface area contributed by atoms with Gasteiger partial charge in [-0.25, -0.2) is 0 Å². The summed E-state index contributed by atoms with van der Waals surface area (Å²) >= 11 is 0. The standard InChI is InChI=1S/C16H10F3N3O2/c17-16(18,19)11-7-4-8-12(9-11)20-13(23)15-22-21-14(24-15)10-5-2-1-3-6-10/h1-9H,(H,20,23). The number of rotatable bonds is 3. The fourth-order valence-corrected chi connectivity index (χ4v) is 1.97. The van der Waals surface area contributed by atoms with Crippen molar-refractivity contribution in [2.24, 2.45) is 0 Å². The Morgan fingerprint density at radius 2 is 1.75 bits per heavy atom. The molecule has 0 atom stereocenters. The molecule has 2 aromatic carbocycles. The smallest absolute Gasteiger partial charge is 0.412 e. The SMILES string of the molecule is O=C(Nc1cccc(C(F)(F)F)c1)c1nnc(-c2ccccc2)o1. The molecule has 0 spiro atoms. The highest BCUT2D eigenvalue weighted by Gasteiger charge is 2.30. The molecule has 1 heterocycles. The fraction of sp³-hybridized carbons (Fsp3) is 0.0625. The minimum absolute atomic E-state index is 0.0192. The van der Waals surface area contributed by atoms with Crippen LogP contribution in [0.2, 0.25) is 0 Å². The molecule has 0 radical (unpaired) electrons. The molecular formula is C16H10F3N3O2. The van der Waals surface area contributed by atoms with E-state index in [-0.39, 0.29) is 17.5 Å². The van der Waals surface area contributed by atoms with Crippen LogP contribution < -0.4 is 5.32 Å². The van der Waals surface area contributed by atoms with E-state index >= 15 is 0 Å². The number of anilines is 1. The zero-order valence-corrected chi connectivity index (χ0v) is 12.0. The Bertz CT molecular complexity index is 860. The molecule has 0 unspecified atom stereocenters. The van der Waals surface area contributed by atoms with Crippen LogP contribution in [0.25, 0.3) is 11.5 Å². The first kappa shape index (κ1) is 15.7. The summed E-state index contributed by atoms with van der Waals surface area (Å²) < 4.78 is 43.2. The number of carbonyl (C=O) groups is 1. The van der Waals surface area contributed by atoms with E-state index in [1.807, 2.05) is 0 Å². The van der Waals surface area contributed by atoms with E-state index in [4.69, 9.17) is 4.42 Å². The van der Waals surface area contributed by atoms with Crippen molar-refractivity contribution in [2.75, 3.05) is 5.32 Å². The largest absolute Gasteiger partial charge is 0.416 e. The van der Waals surface area contributed by atoms with Crippen LogP contribution in [0, 0.1) is 0 Å². The van der Waals surface area contributed by atoms with Gasteiger partial charge in [0.2, 0.25) is 5.89 Å². The highest BCUT2D eigenvalue weighted by Crippen LogP contribution is 2.30. The molecule has 0 fully saturated rings. The van der Waals surface area contributed by atoms with Gasteiger partial charge < -0.3 is 9.73 Å². The van der Waals surface area contributed by atoms with Crippen LogP contribution in [0.15, 0.2) is 59.0 Å². The third-order valence-electron chi connectivity index (χ3n) is 3.09. The summed E-state index contributed by atoms with van der Waals surface area (Å²) in [6.45, 7) is 0. The van der Waals surface area contributed by atoms with Gasteiger partial charge in [-0.3, -0.25) is 4.79 Å². The van der Waals surface area contributed by atoms with Gasteiger partial charge >= 0.3 is 18.0 Å². The number of alkyl halides is 3. The first-order valence-corrected chi connectivity index (χ1v) is 6.81. The maximum atomic E-state index is 12.7. The number of aromatic nitrogens is 2. The van der Waals surface area contributed by atoms with Gasteiger partial charge in [0, 0.05) is 11.3 Å². The van der Waals surface area contributed by atoms with Crippen molar-refractivity contribution in [3.63, 3.8) is 0 Å². The van der Waals surface area contributed by atoms with E-state index in [1.165, 1.54) is 12.1 Å². The summed E-state index contributed by atoms with van der Waals surface area (Å²) in [4.78, 5) is 12.0. The van der Waals surface area contributed by atoms with Crippen molar-refractivity contribution in [2.45, 2.75) is 6.18 Å². The van der Waals surface area contributed by atoms with Gasteiger partial charge in [0.25, 0.3) is 0 Å². The number of hydrogen-bond donors (Lipinski definition) is 1. The predicted octanol–water partition coefficient (Wildman–Crippen LogP) is 4.01. The van der Waals surface area contributed by atoms with Crippen LogP contribution in [0.5, 0.6) is 0 Å². The molecule has 3 aromatic rings. The van der Waals surface area contributed by atoms with Crippen molar-refractivity contribution < 1.29 is 22.4 Å². The Labute approximate surface area is 134 Å².